The highest BCUT2D eigenvalue weighted by Gasteiger charge is 2.47. The number of carbonyl (C=O) groups excluding carboxylic acids is 3. The van der Waals surface area contributed by atoms with Crippen LogP contribution in [0.2, 0.25) is 0 Å². The lowest BCUT2D eigenvalue weighted by Crippen LogP contribution is -2.46. The van der Waals surface area contributed by atoms with E-state index < -0.39 is 18.2 Å². The Hall–Kier alpha value is -4.13. The van der Waals surface area contributed by atoms with Crippen LogP contribution in [-0.4, -0.2) is 35.4 Å². The van der Waals surface area contributed by atoms with Gasteiger partial charge in [0.25, 0.3) is 0 Å². The maximum absolute atomic E-state index is 13.4. The maximum atomic E-state index is 13.4. The van der Waals surface area contributed by atoms with Gasteiger partial charge in [0, 0.05) is 12.2 Å². The molecule has 190 valence electrons. The van der Waals surface area contributed by atoms with Crippen molar-refractivity contribution in [1.29, 1.82) is 0 Å². The van der Waals surface area contributed by atoms with Crippen molar-refractivity contribution in [2.45, 2.75) is 44.9 Å². The van der Waals surface area contributed by atoms with E-state index in [0.717, 1.165) is 29.5 Å². The molecule has 3 aromatic carbocycles. The van der Waals surface area contributed by atoms with Crippen molar-refractivity contribution < 1.29 is 19.1 Å². The lowest BCUT2D eigenvalue weighted by Gasteiger charge is -2.24. The molecule has 3 aromatic rings. The van der Waals surface area contributed by atoms with Crippen LogP contribution in [-0.2, 0) is 27.3 Å². The topological polar surface area (TPSA) is 87.7 Å². The summed E-state index contributed by atoms with van der Waals surface area (Å²) in [4.78, 5) is 40.5. The first kappa shape index (κ1) is 24.6. The Kier molecular flexibility index (Phi) is 7.21. The first-order valence-electron chi connectivity index (χ1n) is 12.7. The minimum atomic E-state index is -0.817. The fraction of sp³-hybridized carbons (Fsp3) is 0.300. The molecule has 2 aliphatic rings. The zero-order valence-corrected chi connectivity index (χ0v) is 20.9. The molecule has 1 aliphatic heterocycles. The summed E-state index contributed by atoms with van der Waals surface area (Å²) < 4.78 is 5.78. The number of hydrogen-bond donors (Lipinski definition) is 2. The summed E-state index contributed by atoms with van der Waals surface area (Å²) in [5.74, 6) is 0.133. The van der Waals surface area contributed by atoms with Crippen LogP contribution in [0.3, 0.4) is 0 Å². The zero-order chi connectivity index (χ0) is 25.8. The van der Waals surface area contributed by atoms with Crippen LogP contribution < -0.4 is 10.6 Å². The average molecular weight is 498 g/mol. The summed E-state index contributed by atoms with van der Waals surface area (Å²) in [6.07, 6.45) is 1.15. The highest BCUT2D eigenvalue weighted by Crippen LogP contribution is 2.35. The molecule has 3 amide bonds. The van der Waals surface area contributed by atoms with Gasteiger partial charge in [-0.15, -0.1) is 0 Å². The Balaban J connectivity index is 1.35. The average Bonchev–Trinajstić information content (AvgIpc) is 3.67. The van der Waals surface area contributed by atoms with Gasteiger partial charge in [-0.2, -0.15) is 0 Å². The van der Waals surface area contributed by atoms with E-state index >= 15 is 0 Å². The van der Waals surface area contributed by atoms with Crippen LogP contribution in [0.4, 0.5) is 10.5 Å². The van der Waals surface area contributed by atoms with Crippen molar-refractivity contribution in [2.24, 2.45) is 5.92 Å². The fourth-order valence-corrected chi connectivity index (χ4v) is 4.55. The van der Waals surface area contributed by atoms with Crippen LogP contribution >= 0.6 is 0 Å². The molecule has 7 nitrogen and oxygen atoms in total. The normalized spacial score (nSPS) is 18.8. The van der Waals surface area contributed by atoms with E-state index in [-0.39, 0.29) is 24.8 Å². The van der Waals surface area contributed by atoms with Gasteiger partial charge >= 0.3 is 6.09 Å². The van der Waals surface area contributed by atoms with E-state index in [9.17, 15) is 14.4 Å². The number of amides is 3. The van der Waals surface area contributed by atoms with E-state index in [1.165, 1.54) is 4.90 Å². The number of nitrogens with zero attached hydrogens (tertiary/aromatic N) is 1. The van der Waals surface area contributed by atoms with Crippen LogP contribution in [0, 0.1) is 12.8 Å². The number of nitrogens with one attached hydrogen (secondary N) is 2. The molecule has 0 radical (unpaired) electrons. The molecular formula is C30H31N3O4. The van der Waals surface area contributed by atoms with Gasteiger partial charge in [0.2, 0.25) is 11.8 Å². The van der Waals surface area contributed by atoms with Gasteiger partial charge in [0.05, 0.1) is 13.0 Å². The Morgan fingerprint density at radius 1 is 0.946 bits per heavy atom. The Morgan fingerprint density at radius 3 is 2.43 bits per heavy atom. The van der Waals surface area contributed by atoms with Gasteiger partial charge in [0.15, 0.2) is 12.1 Å². The molecule has 7 heteroatoms. The highest BCUT2D eigenvalue weighted by molar-refractivity contribution is 5.92. The maximum Gasteiger partial charge on any atom is 0.411 e. The molecule has 0 spiro atoms. The van der Waals surface area contributed by atoms with Gasteiger partial charge < -0.3 is 15.4 Å². The second-order valence-electron chi connectivity index (χ2n) is 9.89. The Morgan fingerprint density at radius 2 is 1.70 bits per heavy atom. The van der Waals surface area contributed by atoms with E-state index in [1.54, 1.807) is 18.2 Å². The molecule has 2 atom stereocenters. The second kappa shape index (κ2) is 10.9. The third-order valence-electron chi connectivity index (χ3n) is 6.80. The third-order valence-corrected chi connectivity index (χ3v) is 6.80. The van der Waals surface area contributed by atoms with Gasteiger partial charge in [0.1, 0.15) is 0 Å². The summed E-state index contributed by atoms with van der Waals surface area (Å²) in [5.41, 5.74) is 4.20. The molecule has 5 rings (SSSR count). The molecule has 1 saturated carbocycles. The van der Waals surface area contributed by atoms with E-state index in [2.05, 4.69) is 10.6 Å². The van der Waals surface area contributed by atoms with Gasteiger partial charge in [-0.05, 0) is 54.5 Å². The molecule has 0 bridgehead atoms. The van der Waals surface area contributed by atoms with Crippen molar-refractivity contribution in [1.82, 2.24) is 10.2 Å². The van der Waals surface area contributed by atoms with Crippen LogP contribution in [0.25, 0.3) is 0 Å². The summed E-state index contributed by atoms with van der Waals surface area (Å²) in [6, 6.07) is 23.8. The fourth-order valence-electron chi connectivity index (χ4n) is 4.55. The number of aryl methyl sites for hydroxylation is 1. The zero-order valence-electron chi connectivity index (χ0n) is 20.9. The van der Waals surface area contributed by atoms with Crippen molar-refractivity contribution in [2.75, 3.05) is 11.9 Å². The quantitative estimate of drug-likeness (QED) is 0.446. The molecule has 2 fully saturated rings. The molecule has 0 unspecified atom stereocenters. The number of cyclic esters (lactones) is 1. The van der Waals surface area contributed by atoms with Crippen molar-refractivity contribution in [3.8, 4) is 0 Å². The largest absolute Gasteiger partial charge is 0.438 e. The SMILES string of the molecule is Cc1ccc(CN2C(=O)O[C@H](c3cccc(NC(=O)Cc4ccccc4)c3)[C@H]2C(=O)NCC2CC2)cc1. The van der Waals surface area contributed by atoms with E-state index in [0.29, 0.717) is 23.7 Å². The molecule has 0 aromatic heterocycles. The van der Waals surface area contributed by atoms with Crippen LogP contribution in [0.1, 0.15) is 41.2 Å². The first-order valence-corrected chi connectivity index (χ1v) is 12.7. The summed E-state index contributed by atoms with van der Waals surface area (Å²) in [6.45, 7) is 2.87. The molecule has 1 heterocycles. The molecule has 2 N–H and O–H groups in total. The molecule has 37 heavy (non-hydrogen) atoms. The Bertz CT molecular complexity index is 1270. The van der Waals surface area contributed by atoms with Gasteiger partial charge in [-0.3, -0.25) is 14.5 Å². The number of carbonyl (C=O) groups is 3. The van der Waals surface area contributed by atoms with Gasteiger partial charge in [-0.1, -0.05) is 72.3 Å². The first-order chi connectivity index (χ1) is 18.0. The van der Waals surface area contributed by atoms with E-state index in [1.807, 2.05) is 67.6 Å². The lowest BCUT2D eigenvalue weighted by molar-refractivity contribution is -0.126. The lowest BCUT2D eigenvalue weighted by atomic mass is 10.00. The monoisotopic (exact) mass is 497 g/mol. The predicted molar refractivity (Wildman–Crippen MR) is 141 cm³/mol. The summed E-state index contributed by atoms with van der Waals surface area (Å²) in [5, 5.41) is 5.94. The van der Waals surface area contributed by atoms with Crippen molar-refractivity contribution in [3.05, 3.63) is 101 Å². The molecule has 1 saturated heterocycles. The van der Waals surface area contributed by atoms with Crippen molar-refractivity contribution in [3.63, 3.8) is 0 Å². The van der Waals surface area contributed by atoms with Gasteiger partial charge in [-0.25, -0.2) is 4.79 Å². The van der Waals surface area contributed by atoms with Crippen LogP contribution in [0.5, 0.6) is 0 Å². The molecular weight excluding hydrogens is 466 g/mol. The van der Waals surface area contributed by atoms with Crippen LogP contribution in [0.15, 0.2) is 78.9 Å². The number of rotatable bonds is 9. The molecule has 1 aliphatic carbocycles. The van der Waals surface area contributed by atoms with E-state index in [4.69, 9.17) is 4.74 Å². The number of anilines is 1. The predicted octanol–water partition coefficient (Wildman–Crippen LogP) is 4.76. The smallest absolute Gasteiger partial charge is 0.411 e. The number of hydrogen-bond acceptors (Lipinski definition) is 4. The summed E-state index contributed by atoms with van der Waals surface area (Å²) in [7, 11) is 0. The standard InChI is InChI=1S/C30H31N3O4/c1-20-10-12-23(13-11-20)19-33-27(29(35)31-18-22-14-15-22)28(37-30(33)36)24-8-5-9-25(17-24)32-26(34)16-21-6-3-2-4-7-21/h2-13,17,22,27-28H,14-16,18-19H2,1H3,(H,31,35)(H,32,34)/t27-,28+/m0/s1. The minimum absolute atomic E-state index is 0.147. The number of benzene rings is 3. The second-order valence-corrected chi connectivity index (χ2v) is 9.89. The number of ether oxygens (including phenoxy) is 1. The third kappa shape index (κ3) is 6.17. The minimum Gasteiger partial charge on any atom is -0.438 e. The highest BCUT2D eigenvalue weighted by atomic mass is 16.6. The Labute approximate surface area is 216 Å². The summed E-state index contributed by atoms with van der Waals surface area (Å²) >= 11 is 0. The van der Waals surface area contributed by atoms with Crippen molar-refractivity contribution >= 4 is 23.6 Å².